The molecule has 1 unspecified atom stereocenters. The van der Waals surface area contributed by atoms with E-state index in [1.165, 1.54) is 167 Å². The van der Waals surface area contributed by atoms with Gasteiger partial charge < -0.3 is 19.7 Å². The Labute approximate surface area is 317 Å². The van der Waals surface area contributed by atoms with E-state index in [2.05, 4.69) is 32.9 Å². The van der Waals surface area contributed by atoms with Crippen molar-refractivity contribution < 1.29 is 29.3 Å². The van der Waals surface area contributed by atoms with E-state index in [0.29, 0.717) is 19.4 Å². The Morgan fingerprint density at radius 3 is 1.14 bits per heavy atom. The number of aliphatic hydroxyl groups excluding tert-OH is 2. The van der Waals surface area contributed by atoms with Gasteiger partial charge in [-0.3, -0.25) is 9.59 Å². The largest absolute Gasteiger partial charge is 0.466 e. The highest BCUT2D eigenvalue weighted by molar-refractivity contribution is 5.69. The van der Waals surface area contributed by atoms with E-state index in [9.17, 15) is 9.59 Å². The van der Waals surface area contributed by atoms with Crippen molar-refractivity contribution in [2.45, 2.75) is 245 Å². The molecule has 0 aromatic heterocycles. The predicted molar refractivity (Wildman–Crippen MR) is 218 cm³/mol. The third kappa shape index (κ3) is 48.6. The molecule has 0 saturated heterocycles. The number of aliphatic hydroxyl groups is 2. The zero-order valence-electron chi connectivity index (χ0n) is 34.4. The highest BCUT2D eigenvalue weighted by Crippen LogP contribution is 2.14. The number of esters is 2. The molecule has 0 heterocycles. The molecule has 0 amide bonds. The van der Waals surface area contributed by atoms with Crippen molar-refractivity contribution in [1.29, 1.82) is 0 Å². The van der Waals surface area contributed by atoms with Crippen LogP contribution in [0.15, 0.2) is 12.2 Å². The minimum Gasteiger partial charge on any atom is -0.466 e. The first-order chi connectivity index (χ1) is 25.0. The second-order valence-electron chi connectivity index (χ2n) is 14.8. The highest BCUT2D eigenvalue weighted by Gasteiger charge is 2.07. The molecule has 0 saturated carbocycles. The number of carbonyl (C=O) groups excluding carboxylic acids is 2. The van der Waals surface area contributed by atoms with Gasteiger partial charge in [0, 0.05) is 12.8 Å². The number of hydrogen-bond donors (Lipinski definition) is 2. The van der Waals surface area contributed by atoms with Gasteiger partial charge in [-0.25, -0.2) is 0 Å². The average molecular weight is 725 g/mol. The quantitative estimate of drug-likeness (QED) is 0.0372. The highest BCUT2D eigenvalue weighted by atomic mass is 16.5. The van der Waals surface area contributed by atoms with Crippen LogP contribution in [0.2, 0.25) is 0 Å². The average Bonchev–Trinajstić information content (AvgIpc) is 3.14. The molecule has 1 atom stereocenters. The third-order valence-electron chi connectivity index (χ3n) is 9.54. The summed E-state index contributed by atoms with van der Waals surface area (Å²) in [4.78, 5) is 23.0. The van der Waals surface area contributed by atoms with Crippen LogP contribution in [-0.4, -0.2) is 48.1 Å². The SMILES string of the molecule is CCCCCCCC/C=C\CCCCCCCC(=O)OCC(O)CO.CCCCCCCCCCCCCCCCOC(=O)CCCCCCC. The maximum atomic E-state index is 11.6. The maximum Gasteiger partial charge on any atom is 0.305 e. The molecular formula is C45H88O6. The summed E-state index contributed by atoms with van der Waals surface area (Å²) < 4.78 is 10.2. The van der Waals surface area contributed by atoms with Crippen LogP contribution >= 0.6 is 0 Å². The van der Waals surface area contributed by atoms with Crippen molar-refractivity contribution in [3.63, 3.8) is 0 Å². The molecule has 0 radical (unpaired) electrons. The first-order valence-corrected chi connectivity index (χ1v) is 22.3. The first-order valence-electron chi connectivity index (χ1n) is 22.3. The summed E-state index contributed by atoms with van der Waals surface area (Å²) in [7, 11) is 0. The van der Waals surface area contributed by atoms with Gasteiger partial charge in [-0.1, -0.05) is 193 Å². The fourth-order valence-electron chi connectivity index (χ4n) is 6.08. The topological polar surface area (TPSA) is 93.1 Å². The summed E-state index contributed by atoms with van der Waals surface area (Å²) in [5.41, 5.74) is 0. The van der Waals surface area contributed by atoms with Crippen LogP contribution in [0.1, 0.15) is 239 Å². The lowest BCUT2D eigenvalue weighted by molar-refractivity contribution is -0.147. The van der Waals surface area contributed by atoms with E-state index in [4.69, 9.17) is 19.7 Å². The zero-order valence-corrected chi connectivity index (χ0v) is 34.4. The fourth-order valence-corrected chi connectivity index (χ4v) is 6.08. The molecule has 0 fully saturated rings. The van der Waals surface area contributed by atoms with Crippen LogP contribution in [0.4, 0.5) is 0 Å². The van der Waals surface area contributed by atoms with Gasteiger partial charge in [-0.05, 0) is 44.9 Å². The van der Waals surface area contributed by atoms with Crippen LogP contribution in [0, 0.1) is 0 Å². The third-order valence-corrected chi connectivity index (χ3v) is 9.54. The number of allylic oxidation sites excluding steroid dienone is 2. The van der Waals surface area contributed by atoms with Gasteiger partial charge in [0.2, 0.25) is 0 Å². The van der Waals surface area contributed by atoms with Gasteiger partial charge in [0.05, 0.1) is 13.2 Å². The number of carbonyl (C=O) groups is 2. The molecule has 6 nitrogen and oxygen atoms in total. The fraction of sp³-hybridized carbons (Fsp3) is 0.911. The summed E-state index contributed by atoms with van der Waals surface area (Å²) >= 11 is 0. The number of hydrogen-bond acceptors (Lipinski definition) is 6. The van der Waals surface area contributed by atoms with Crippen LogP contribution < -0.4 is 0 Å². The molecule has 51 heavy (non-hydrogen) atoms. The van der Waals surface area contributed by atoms with Crippen molar-refractivity contribution >= 4 is 11.9 Å². The molecule has 0 spiro atoms. The van der Waals surface area contributed by atoms with Crippen molar-refractivity contribution in [3.8, 4) is 0 Å². The zero-order chi connectivity index (χ0) is 37.7. The van der Waals surface area contributed by atoms with Gasteiger partial charge >= 0.3 is 11.9 Å². The van der Waals surface area contributed by atoms with Crippen LogP contribution in [-0.2, 0) is 19.1 Å². The van der Waals surface area contributed by atoms with Crippen LogP contribution in [0.5, 0.6) is 0 Å². The summed E-state index contributed by atoms with van der Waals surface area (Å²) in [5.74, 6) is -0.277. The van der Waals surface area contributed by atoms with Gasteiger partial charge in [-0.2, -0.15) is 0 Å². The molecule has 0 rings (SSSR count). The Hall–Kier alpha value is -1.40. The smallest absolute Gasteiger partial charge is 0.305 e. The molecule has 0 aromatic carbocycles. The minimum absolute atomic E-state index is 0.0104. The lowest BCUT2D eigenvalue weighted by atomic mass is 10.0. The van der Waals surface area contributed by atoms with Gasteiger partial charge in [-0.15, -0.1) is 0 Å². The van der Waals surface area contributed by atoms with E-state index in [0.717, 1.165) is 38.5 Å². The van der Waals surface area contributed by atoms with E-state index < -0.39 is 6.10 Å². The van der Waals surface area contributed by atoms with Gasteiger partial charge in [0.25, 0.3) is 0 Å². The van der Waals surface area contributed by atoms with E-state index in [-0.39, 0.29) is 25.2 Å². The molecule has 0 aromatic rings. The standard InChI is InChI=1S/C24H48O2.C21H40O4/c1-3-5-7-9-10-11-12-13-14-15-16-17-19-21-23-26-24(25)22-20-18-8-6-4-2;1-2-3-4-5-6-7-8-9-10-11-12-13-14-15-16-17-21(24)25-19-20(23)18-22/h3-23H2,1-2H3;9-10,20,22-23H,2-8,11-19H2,1H3/b;10-9-. The van der Waals surface area contributed by atoms with Gasteiger partial charge in [0.15, 0.2) is 0 Å². The van der Waals surface area contributed by atoms with E-state index >= 15 is 0 Å². The summed E-state index contributed by atoms with van der Waals surface area (Å²) in [6, 6.07) is 0. The minimum atomic E-state index is -0.960. The van der Waals surface area contributed by atoms with Crippen LogP contribution in [0.25, 0.3) is 0 Å². The van der Waals surface area contributed by atoms with E-state index in [1.54, 1.807) is 0 Å². The maximum absolute atomic E-state index is 11.6. The molecule has 304 valence electrons. The summed E-state index contributed by atoms with van der Waals surface area (Å²) in [6.45, 7) is 6.89. The Morgan fingerprint density at radius 1 is 0.451 bits per heavy atom. The van der Waals surface area contributed by atoms with Crippen molar-refractivity contribution in [2.75, 3.05) is 19.8 Å². The second-order valence-corrected chi connectivity index (χ2v) is 14.8. The Morgan fingerprint density at radius 2 is 0.765 bits per heavy atom. The summed E-state index contributed by atoms with van der Waals surface area (Å²) in [6.07, 6.45) is 45.7. The number of unbranched alkanes of at least 4 members (excludes halogenated alkanes) is 28. The molecule has 0 aliphatic heterocycles. The molecule has 6 heteroatoms. The van der Waals surface area contributed by atoms with Crippen molar-refractivity contribution in [2.24, 2.45) is 0 Å². The molecule has 2 N–H and O–H groups in total. The van der Waals surface area contributed by atoms with Crippen molar-refractivity contribution in [1.82, 2.24) is 0 Å². The lowest BCUT2D eigenvalue weighted by Crippen LogP contribution is -2.21. The number of rotatable bonds is 39. The first kappa shape index (κ1) is 51.7. The van der Waals surface area contributed by atoms with E-state index in [1.807, 2.05) is 0 Å². The molecule has 0 aliphatic rings. The predicted octanol–water partition coefficient (Wildman–Crippen LogP) is 13.3. The molecular weight excluding hydrogens is 636 g/mol. The summed E-state index contributed by atoms with van der Waals surface area (Å²) in [5, 5.41) is 17.7. The van der Waals surface area contributed by atoms with Crippen LogP contribution in [0.3, 0.4) is 0 Å². The Balaban J connectivity index is 0. The van der Waals surface area contributed by atoms with Crippen molar-refractivity contribution in [3.05, 3.63) is 12.2 Å². The monoisotopic (exact) mass is 725 g/mol. The lowest BCUT2D eigenvalue weighted by Gasteiger charge is -2.08. The Bertz CT molecular complexity index is 709. The van der Waals surface area contributed by atoms with Gasteiger partial charge in [0.1, 0.15) is 12.7 Å². The number of ether oxygens (including phenoxy) is 2. The Kier molecular flexibility index (Phi) is 47.3. The normalized spacial score (nSPS) is 11.8. The molecule has 0 bridgehead atoms. The second kappa shape index (κ2) is 46.6. The molecule has 0 aliphatic carbocycles.